The van der Waals surface area contributed by atoms with Gasteiger partial charge in [-0.2, -0.15) is 0 Å². The molecule has 0 bridgehead atoms. The Morgan fingerprint density at radius 3 is 0.972 bits per heavy atom. The number of aromatic hydroxyl groups is 2. The van der Waals surface area contributed by atoms with Crippen molar-refractivity contribution in [2.24, 2.45) is 0 Å². The quantitative estimate of drug-likeness (QED) is 0.0572. The van der Waals surface area contributed by atoms with E-state index >= 15 is 0 Å². The third kappa shape index (κ3) is 27.2. The summed E-state index contributed by atoms with van der Waals surface area (Å²) in [5.41, 5.74) is -0.0888. The minimum absolute atomic E-state index is 0.0444. The number of hydrogen-bond acceptors (Lipinski definition) is 14. The number of phenolic OH excluding ortho intramolecular Hbond substituents is 2. The molecule has 5 rings (SSSR count). The van der Waals surface area contributed by atoms with E-state index in [1.54, 1.807) is 0 Å². The fourth-order valence-electron chi connectivity index (χ4n) is 4.41. The summed E-state index contributed by atoms with van der Waals surface area (Å²) in [6.07, 6.45) is -23.7. The molecule has 0 aliphatic heterocycles. The first-order valence-corrected chi connectivity index (χ1v) is 19.5. The number of methoxy groups -OCH3 is 3. The van der Waals surface area contributed by atoms with Crippen LogP contribution in [0.1, 0.15) is 0 Å². The molecule has 0 spiro atoms. The lowest BCUT2D eigenvalue weighted by atomic mass is 9.79. The van der Waals surface area contributed by atoms with Crippen molar-refractivity contribution in [2.75, 3.05) is 21.3 Å². The fourth-order valence-corrected chi connectivity index (χ4v) is 5.07. The first-order valence-electron chi connectivity index (χ1n) is 17.9. The topological polar surface area (TPSA) is 195 Å². The van der Waals surface area contributed by atoms with E-state index in [1.165, 1.54) is 51.7 Å². The van der Waals surface area contributed by atoms with Gasteiger partial charge in [-0.25, -0.2) is 0 Å². The van der Waals surface area contributed by atoms with E-state index in [-0.39, 0.29) is 45.4 Å². The van der Waals surface area contributed by atoms with Gasteiger partial charge >= 0.3 is 46.0 Å². The Labute approximate surface area is 406 Å². The van der Waals surface area contributed by atoms with Crippen molar-refractivity contribution in [1.82, 2.24) is 0 Å². The van der Waals surface area contributed by atoms with Gasteiger partial charge in [-0.1, -0.05) is 18.2 Å². The molecule has 5 aromatic rings. The highest BCUT2D eigenvalue weighted by molar-refractivity contribution is 9.10. The van der Waals surface area contributed by atoms with Crippen molar-refractivity contribution >= 4 is 57.0 Å². The molecule has 0 atom stereocenters. The average molecular weight is 1180 g/mol. The van der Waals surface area contributed by atoms with Crippen LogP contribution in [0.3, 0.4) is 0 Å². The van der Waals surface area contributed by atoms with Gasteiger partial charge in [0.1, 0.15) is 57.5 Å². The van der Waals surface area contributed by atoms with Crippen LogP contribution in [0.25, 0.3) is 0 Å². The number of ether oxygens (including phenoxy) is 8. The van der Waals surface area contributed by atoms with Gasteiger partial charge in [0.15, 0.2) is 0 Å². The molecule has 5 aromatic carbocycles. The van der Waals surface area contributed by atoms with Crippen molar-refractivity contribution in [3.63, 3.8) is 0 Å². The van der Waals surface area contributed by atoms with Crippen LogP contribution in [0.5, 0.6) is 57.5 Å². The second-order valence-electron chi connectivity index (χ2n) is 12.2. The lowest BCUT2D eigenvalue weighted by molar-refractivity contribution is -0.275. The van der Waals surface area contributed by atoms with Gasteiger partial charge in [0.2, 0.25) is 0 Å². The van der Waals surface area contributed by atoms with E-state index < -0.39 is 69.0 Å². The number of alkyl halides is 15. The van der Waals surface area contributed by atoms with Crippen molar-refractivity contribution in [3.05, 3.63) is 106 Å². The van der Waals surface area contributed by atoms with Gasteiger partial charge in [0.25, 0.3) is 0 Å². The maximum Gasteiger partial charge on any atom is 0.573 e. The summed E-state index contributed by atoms with van der Waals surface area (Å²) in [5.74, 6) is -2.66. The Kier molecular flexibility index (Phi) is 24.4. The molecule has 71 heavy (non-hydrogen) atoms. The summed E-state index contributed by atoms with van der Waals surface area (Å²) in [4.78, 5) is 0. The number of hydrogen-bond donors (Lipinski definition) is 6. The maximum absolute atomic E-state index is 11.9. The van der Waals surface area contributed by atoms with Crippen LogP contribution in [0, 0.1) is 0 Å². The standard InChI is InChI=1S/2C8H8BF3O4.C8H6BrF3O2.C7H4BrF3O2.C7H5F3O2/c2*1-15-7-4-5(16-8(10,11)12)2-3-6(7)9(13)14;1-13-7-4-5(2-3-6(7)9)14-8(10,11)12;8-5-2-1-4(3-6(5)12)13-7(9,10)11;8-7(9,10)12-6-3-1-2-5(11)4-6/h2*2-4,13-14H,1H3;2-4H,1H3;1-3,12H;1-4,11H. The largest absolute Gasteiger partial charge is 0.573 e. The molecule has 14 nitrogen and oxygen atoms in total. The molecule has 33 heteroatoms. The molecule has 6 N–H and O–H groups in total. The van der Waals surface area contributed by atoms with Crippen LogP contribution in [-0.2, 0) is 0 Å². The number of halogens is 17. The molecule has 0 heterocycles. The Morgan fingerprint density at radius 1 is 0.380 bits per heavy atom. The summed E-state index contributed by atoms with van der Waals surface area (Å²) >= 11 is 6.03. The van der Waals surface area contributed by atoms with Crippen LogP contribution in [0.4, 0.5) is 65.9 Å². The van der Waals surface area contributed by atoms with E-state index in [4.69, 9.17) is 44.5 Å². The van der Waals surface area contributed by atoms with Crippen LogP contribution >= 0.6 is 31.9 Å². The van der Waals surface area contributed by atoms with Gasteiger partial charge in [0, 0.05) is 41.3 Å². The third-order valence-corrected chi connectivity index (χ3v) is 8.32. The van der Waals surface area contributed by atoms with Gasteiger partial charge in [-0.15, -0.1) is 65.9 Å². The molecule has 0 aromatic heterocycles. The number of rotatable bonds is 10. The van der Waals surface area contributed by atoms with Crippen LogP contribution in [-0.4, -0.2) is 97.7 Å². The SMILES string of the molecule is COc1cc(OC(F)(F)F)ccc1B(O)O.COc1cc(OC(F)(F)F)ccc1B(O)O.COc1cc(OC(F)(F)F)ccc1Br.Oc1cc(OC(F)(F)F)ccc1Br.Oc1cccc(OC(F)(F)F)c1. The van der Waals surface area contributed by atoms with Gasteiger partial charge in [-0.3, -0.25) is 0 Å². The molecular weight excluding hydrogens is 1150 g/mol. The molecule has 0 aliphatic carbocycles. The molecule has 0 saturated heterocycles. The predicted octanol–water partition coefficient (Wildman–Crippen LogP) is 9.25. The second kappa shape index (κ2) is 27.5. The van der Waals surface area contributed by atoms with Gasteiger partial charge in [0.05, 0.1) is 30.3 Å². The molecule has 0 amide bonds. The monoisotopic (exact) mass is 1180 g/mol. The minimum atomic E-state index is -4.80. The molecule has 0 aliphatic rings. The maximum atomic E-state index is 11.9. The second-order valence-corrected chi connectivity index (χ2v) is 13.9. The summed E-state index contributed by atoms with van der Waals surface area (Å²) in [6.45, 7) is 0. The first-order chi connectivity index (χ1) is 32.4. The Balaban J connectivity index is 0.000000446. The van der Waals surface area contributed by atoms with Crippen LogP contribution < -0.4 is 48.8 Å². The van der Waals surface area contributed by atoms with Crippen molar-refractivity contribution < 1.29 is 134 Å². The highest BCUT2D eigenvalue weighted by atomic mass is 79.9. The van der Waals surface area contributed by atoms with E-state index in [2.05, 4.69) is 55.5 Å². The summed E-state index contributed by atoms with van der Waals surface area (Å²) in [6, 6.07) is 17.4. The molecule has 392 valence electrons. The van der Waals surface area contributed by atoms with E-state index in [0.29, 0.717) is 8.95 Å². The average Bonchev–Trinajstić information content (AvgIpc) is 3.20. The Morgan fingerprint density at radius 2 is 0.676 bits per heavy atom. The Bertz CT molecular complexity index is 2340. The third-order valence-electron chi connectivity index (χ3n) is 6.99. The summed E-state index contributed by atoms with van der Waals surface area (Å²) in [7, 11) is 0.0963. The normalized spacial score (nSPS) is 11.2. The van der Waals surface area contributed by atoms with Crippen molar-refractivity contribution in [2.45, 2.75) is 31.8 Å². The van der Waals surface area contributed by atoms with E-state index in [9.17, 15) is 65.9 Å². The zero-order valence-corrected chi connectivity index (χ0v) is 38.4. The van der Waals surface area contributed by atoms with E-state index in [0.717, 1.165) is 66.7 Å². The summed E-state index contributed by atoms with van der Waals surface area (Å²) in [5, 5.41) is 53.3. The van der Waals surface area contributed by atoms with Crippen LogP contribution in [0.2, 0.25) is 0 Å². The molecular formula is C38H31B2Br2F15O14. The van der Waals surface area contributed by atoms with Gasteiger partial charge < -0.3 is 68.2 Å². The lowest BCUT2D eigenvalue weighted by Gasteiger charge is -2.12. The summed E-state index contributed by atoms with van der Waals surface area (Å²) < 4.78 is 209. The highest BCUT2D eigenvalue weighted by Crippen LogP contribution is 2.33. The van der Waals surface area contributed by atoms with Gasteiger partial charge in [-0.05, 0) is 80.4 Å². The lowest BCUT2D eigenvalue weighted by Crippen LogP contribution is -2.31. The molecule has 0 fully saturated rings. The van der Waals surface area contributed by atoms with E-state index in [1.807, 2.05) is 0 Å². The molecule has 0 unspecified atom stereocenters. The predicted molar refractivity (Wildman–Crippen MR) is 224 cm³/mol. The zero-order valence-electron chi connectivity index (χ0n) is 35.3. The fraction of sp³-hybridized carbons (Fsp3) is 0.211. The van der Waals surface area contributed by atoms with Crippen LogP contribution in [0.15, 0.2) is 106 Å². The highest BCUT2D eigenvalue weighted by Gasteiger charge is 2.34. The van der Waals surface area contributed by atoms with Crippen molar-refractivity contribution in [3.8, 4) is 57.5 Å². The first kappa shape index (κ1) is 63.0. The molecule has 0 radical (unpaired) electrons. The molecule has 0 saturated carbocycles. The van der Waals surface area contributed by atoms with Crippen molar-refractivity contribution in [1.29, 1.82) is 0 Å². The smallest absolute Gasteiger partial charge is 0.508 e. The number of benzene rings is 5. The Hall–Kier alpha value is -6.02. The zero-order chi connectivity index (χ0) is 54.7. The minimum Gasteiger partial charge on any atom is -0.508 e. The number of phenols is 2.